The van der Waals surface area contributed by atoms with E-state index in [1.54, 1.807) is 0 Å². The van der Waals surface area contributed by atoms with Gasteiger partial charge in [-0.25, -0.2) is 0 Å². The fourth-order valence-electron chi connectivity index (χ4n) is 0.167. The van der Waals surface area contributed by atoms with E-state index in [0.29, 0.717) is 0 Å². The molecule has 0 aliphatic heterocycles. The smallest absolute Gasteiger partial charge is 0.0443 e. The highest BCUT2D eigenvalue weighted by molar-refractivity contribution is 4.65. The molecule has 1 aliphatic rings. The molecular formula is C6H17N. The zero-order chi connectivity index (χ0) is 4.99. The van der Waals surface area contributed by atoms with Crippen molar-refractivity contribution in [3.63, 3.8) is 0 Å². The zero-order valence-electron chi connectivity index (χ0n) is 5.70. The highest BCUT2D eigenvalue weighted by atomic mass is 14.2. The van der Waals surface area contributed by atoms with Crippen molar-refractivity contribution < 1.29 is 0 Å². The average molecular weight is 103 g/mol. The zero-order valence-corrected chi connectivity index (χ0v) is 5.70. The fraction of sp³-hybridized carbons (Fsp3) is 1.00. The first-order valence-corrected chi connectivity index (χ1v) is 2.89. The summed E-state index contributed by atoms with van der Waals surface area (Å²) in [5.74, 6) is 1.08. The third kappa shape index (κ3) is 10.7. The molecule has 1 fully saturated rings. The van der Waals surface area contributed by atoms with Crippen molar-refractivity contribution in [1.82, 2.24) is 6.15 Å². The van der Waals surface area contributed by atoms with E-state index in [2.05, 4.69) is 6.92 Å². The van der Waals surface area contributed by atoms with Crippen LogP contribution in [0.4, 0.5) is 0 Å². The Morgan fingerprint density at radius 1 is 1.14 bits per heavy atom. The van der Waals surface area contributed by atoms with E-state index in [0.717, 1.165) is 5.92 Å². The Bertz CT molecular complexity index is 23.4. The van der Waals surface area contributed by atoms with Crippen molar-refractivity contribution in [2.45, 2.75) is 33.6 Å². The number of rotatable bonds is 0. The van der Waals surface area contributed by atoms with Crippen LogP contribution in [-0.2, 0) is 0 Å². The van der Waals surface area contributed by atoms with Crippen LogP contribution in [0.25, 0.3) is 0 Å². The summed E-state index contributed by atoms with van der Waals surface area (Å²) in [4.78, 5) is 0. The van der Waals surface area contributed by atoms with Gasteiger partial charge in [0.05, 0.1) is 0 Å². The van der Waals surface area contributed by atoms with E-state index in [9.17, 15) is 0 Å². The normalized spacial score (nSPS) is 15.9. The Morgan fingerprint density at radius 2 is 1.29 bits per heavy atom. The second-order valence-electron chi connectivity index (χ2n) is 1.68. The van der Waals surface area contributed by atoms with Crippen LogP contribution in [-0.4, -0.2) is 0 Å². The molecule has 0 bridgehead atoms. The summed E-state index contributed by atoms with van der Waals surface area (Å²) in [6, 6.07) is 0. The Balaban J connectivity index is 0. The first kappa shape index (κ1) is 10.0. The molecule has 0 saturated heterocycles. The Hall–Kier alpha value is -0.0400. The number of hydrogen-bond donors (Lipinski definition) is 1. The molecule has 0 radical (unpaired) electrons. The maximum Gasteiger partial charge on any atom is -0.0443 e. The summed E-state index contributed by atoms with van der Waals surface area (Å²) in [5, 5.41) is 0. The van der Waals surface area contributed by atoms with Crippen LogP contribution in [0.3, 0.4) is 0 Å². The van der Waals surface area contributed by atoms with E-state index in [1.165, 1.54) is 12.8 Å². The molecule has 0 atom stereocenters. The molecule has 0 spiro atoms. The van der Waals surface area contributed by atoms with Gasteiger partial charge in [-0.1, -0.05) is 33.6 Å². The number of hydrogen-bond acceptors (Lipinski definition) is 1. The van der Waals surface area contributed by atoms with E-state index < -0.39 is 0 Å². The Labute approximate surface area is 46.7 Å². The third-order valence-electron chi connectivity index (χ3n) is 0.866. The minimum atomic E-state index is 0. The van der Waals surface area contributed by atoms with Gasteiger partial charge in [0.1, 0.15) is 0 Å². The molecule has 1 rings (SSSR count). The van der Waals surface area contributed by atoms with Crippen LogP contribution in [0.5, 0.6) is 0 Å². The predicted octanol–water partition coefficient (Wildman–Crippen LogP) is 2.60. The maximum atomic E-state index is 2.28. The van der Waals surface area contributed by atoms with Gasteiger partial charge in [0, 0.05) is 0 Å². The van der Waals surface area contributed by atoms with Gasteiger partial charge < -0.3 is 6.15 Å². The molecule has 0 unspecified atom stereocenters. The van der Waals surface area contributed by atoms with E-state index in [4.69, 9.17) is 0 Å². The third-order valence-corrected chi connectivity index (χ3v) is 0.866. The standard InChI is InChI=1S/C4H8.C2H6.H3N/c1-4-2-3-4;1-2;/h4H,2-3H2,1H3;1-2H3;1H3. The minimum absolute atomic E-state index is 0. The van der Waals surface area contributed by atoms with Crippen LogP contribution in [0.2, 0.25) is 0 Å². The second kappa shape index (κ2) is 5.96. The van der Waals surface area contributed by atoms with Gasteiger partial charge in [-0.05, 0) is 5.92 Å². The summed E-state index contributed by atoms with van der Waals surface area (Å²) < 4.78 is 0. The molecule has 0 aromatic carbocycles. The summed E-state index contributed by atoms with van der Waals surface area (Å²) in [6.45, 7) is 6.28. The van der Waals surface area contributed by atoms with Gasteiger partial charge >= 0.3 is 0 Å². The van der Waals surface area contributed by atoms with Gasteiger partial charge in [0.25, 0.3) is 0 Å². The van der Waals surface area contributed by atoms with Crippen LogP contribution >= 0.6 is 0 Å². The summed E-state index contributed by atoms with van der Waals surface area (Å²) >= 11 is 0. The quantitative estimate of drug-likeness (QED) is 0.502. The van der Waals surface area contributed by atoms with Crippen molar-refractivity contribution in [2.24, 2.45) is 5.92 Å². The van der Waals surface area contributed by atoms with Crippen molar-refractivity contribution in [1.29, 1.82) is 0 Å². The van der Waals surface area contributed by atoms with Gasteiger partial charge in [-0.15, -0.1) is 0 Å². The molecule has 0 aromatic heterocycles. The van der Waals surface area contributed by atoms with E-state index in [-0.39, 0.29) is 6.15 Å². The van der Waals surface area contributed by atoms with Crippen LogP contribution in [0.15, 0.2) is 0 Å². The highest BCUT2D eigenvalue weighted by Crippen LogP contribution is 2.26. The molecule has 7 heavy (non-hydrogen) atoms. The average Bonchev–Trinajstić information content (AvgIpc) is 2.30. The Morgan fingerprint density at radius 3 is 1.29 bits per heavy atom. The van der Waals surface area contributed by atoms with Crippen molar-refractivity contribution >= 4 is 0 Å². The molecule has 0 aromatic rings. The molecule has 46 valence electrons. The lowest BCUT2D eigenvalue weighted by Gasteiger charge is -1.53. The molecule has 1 heteroatoms. The topological polar surface area (TPSA) is 35.0 Å². The summed E-state index contributed by atoms with van der Waals surface area (Å²) in [6.07, 6.45) is 2.97. The molecule has 1 nitrogen and oxygen atoms in total. The fourth-order valence-corrected chi connectivity index (χ4v) is 0.167. The van der Waals surface area contributed by atoms with Crippen LogP contribution < -0.4 is 6.15 Å². The predicted molar refractivity (Wildman–Crippen MR) is 34.8 cm³/mol. The van der Waals surface area contributed by atoms with Crippen molar-refractivity contribution in [3.8, 4) is 0 Å². The highest BCUT2D eigenvalue weighted by Gasteiger charge is 2.12. The van der Waals surface area contributed by atoms with Crippen LogP contribution in [0.1, 0.15) is 33.6 Å². The van der Waals surface area contributed by atoms with Gasteiger partial charge in [-0.3, -0.25) is 0 Å². The first-order valence-electron chi connectivity index (χ1n) is 2.89. The largest absolute Gasteiger partial charge is 0.344 e. The lowest BCUT2D eigenvalue weighted by atomic mass is 10.5. The lowest BCUT2D eigenvalue weighted by Crippen LogP contribution is -1.42. The molecule has 0 heterocycles. The van der Waals surface area contributed by atoms with Crippen LogP contribution in [0, 0.1) is 5.92 Å². The molecule has 3 N–H and O–H groups in total. The SMILES string of the molecule is CC.CC1CC1.N. The molecule has 0 amide bonds. The van der Waals surface area contributed by atoms with Gasteiger partial charge in [0.2, 0.25) is 0 Å². The molecule has 1 saturated carbocycles. The second-order valence-corrected chi connectivity index (χ2v) is 1.68. The lowest BCUT2D eigenvalue weighted by molar-refractivity contribution is 0.983. The molecular weight excluding hydrogens is 86.1 g/mol. The molecule has 1 aliphatic carbocycles. The maximum absolute atomic E-state index is 2.28. The summed E-state index contributed by atoms with van der Waals surface area (Å²) in [5.41, 5.74) is 0. The van der Waals surface area contributed by atoms with Gasteiger partial charge in [-0.2, -0.15) is 0 Å². The first-order chi connectivity index (χ1) is 2.89. The van der Waals surface area contributed by atoms with Crippen molar-refractivity contribution in [3.05, 3.63) is 0 Å². The minimum Gasteiger partial charge on any atom is -0.344 e. The van der Waals surface area contributed by atoms with E-state index >= 15 is 0 Å². The van der Waals surface area contributed by atoms with Crippen molar-refractivity contribution in [2.75, 3.05) is 0 Å². The van der Waals surface area contributed by atoms with E-state index in [1.807, 2.05) is 13.8 Å². The Kier molecular flexibility index (Phi) is 8.56. The monoisotopic (exact) mass is 103 g/mol. The summed E-state index contributed by atoms with van der Waals surface area (Å²) in [7, 11) is 0. The van der Waals surface area contributed by atoms with Gasteiger partial charge in [0.15, 0.2) is 0 Å².